The summed E-state index contributed by atoms with van der Waals surface area (Å²) in [5, 5.41) is 4.60. The summed E-state index contributed by atoms with van der Waals surface area (Å²) >= 11 is 0. The third kappa shape index (κ3) is 4.20. The molecule has 2 aliphatic rings. The van der Waals surface area contributed by atoms with Gasteiger partial charge in [-0.15, -0.1) is 0 Å². The van der Waals surface area contributed by atoms with Crippen molar-refractivity contribution in [3.8, 4) is 0 Å². The number of hydrogen-bond acceptors (Lipinski definition) is 4. The highest BCUT2D eigenvalue weighted by Crippen LogP contribution is 2.37. The minimum absolute atomic E-state index is 0.0668. The topological polar surface area (TPSA) is 54.5 Å². The predicted octanol–water partition coefficient (Wildman–Crippen LogP) is 3.63. The first-order valence-electron chi connectivity index (χ1n) is 10.4. The molecule has 2 atom stereocenters. The number of nitrogens with one attached hydrogen (secondary N) is 1. The quantitative estimate of drug-likeness (QED) is 0.882. The number of aromatic nitrogens is 1. The van der Waals surface area contributed by atoms with E-state index in [0.717, 1.165) is 49.9 Å². The summed E-state index contributed by atoms with van der Waals surface area (Å²) in [7, 11) is 0. The fourth-order valence-electron chi connectivity index (χ4n) is 4.45. The molecule has 1 N–H and O–H groups in total. The summed E-state index contributed by atoms with van der Waals surface area (Å²) in [6, 6.07) is 9.87. The molecule has 1 amide bonds. The summed E-state index contributed by atoms with van der Waals surface area (Å²) in [6.07, 6.45) is 4.76. The van der Waals surface area contributed by atoms with E-state index in [1.54, 1.807) is 6.20 Å². The van der Waals surface area contributed by atoms with E-state index in [2.05, 4.69) is 31.1 Å². The number of ether oxygens (including phenoxy) is 1. The van der Waals surface area contributed by atoms with Gasteiger partial charge in [-0.3, -0.25) is 9.78 Å². The second-order valence-corrected chi connectivity index (χ2v) is 9.44. The lowest BCUT2D eigenvalue weighted by molar-refractivity contribution is -0.0449. The van der Waals surface area contributed by atoms with Gasteiger partial charge in [0.15, 0.2) is 0 Å². The van der Waals surface area contributed by atoms with Crippen LogP contribution in [-0.2, 0) is 4.74 Å². The van der Waals surface area contributed by atoms with Crippen LogP contribution in [0.1, 0.15) is 50.4 Å². The minimum Gasteiger partial charge on any atom is -0.373 e. The zero-order valence-corrected chi connectivity index (χ0v) is 17.2. The molecule has 1 spiro atoms. The van der Waals surface area contributed by atoms with Gasteiger partial charge in [0.05, 0.1) is 23.3 Å². The second kappa shape index (κ2) is 7.45. The number of carbonyl (C=O) groups is 1. The summed E-state index contributed by atoms with van der Waals surface area (Å²) in [5.74, 6) is 0.578. The maximum Gasteiger partial charge on any atom is 0.255 e. The Hall–Kier alpha value is -1.98. The largest absolute Gasteiger partial charge is 0.373 e. The number of nitrogens with zero attached hydrogens (tertiary/aromatic N) is 2. The minimum atomic E-state index is -0.178. The van der Waals surface area contributed by atoms with Gasteiger partial charge in [0.1, 0.15) is 0 Å². The van der Waals surface area contributed by atoms with Crippen LogP contribution in [0.2, 0.25) is 0 Å². The Morgan fingerprint density at radius 1 is 1.36 bits per heavy atom. The van der Waals surface area contributed by atoms with E-state index in [4.69, 9.17) is 4.74 Å². The van der Waals surface area contributed by atoms with Crippen LogP contribution >= 0.6 is 0 Å². The van der Waals surface area contributed by atoms with E-state index in [1.807, 2.05) is 35.2 Å². The first-order valence-corrected chi connectivity index (χ1v) is 10.4. The Bertz CT molecular complexity index is 860. The van der Waals surface area contributed by atoms with Crippen LogP contribution in [-0.4, -0.2) is 53.2 Å². The number of fused-ring (bicyclic) bond motifs is 1. The van der Waals surface area contributed by atoms with Gasteiger partial charge in [-0.1, -0.05) is 18.2 Å². The van der Waals surface area contributed by atoms with Crippen molar-refractivity contribution in [2.45, 2.75) is 51.2 Å². The molecule has 2 aliphatic heterocycles. The molecule has 28 heavy (non-hydrogen) atoms. The summed E-state index contributed by atoms with van der Waals surface area (Å²) in [4.78, 5) is 19.6. The average molecular weight is 382 g/mol. The van der Waals surface area contributed by atoms with E-state index in [-0.39, 0.29) is 17.0 Å². The van der Waals surface area contributed by atoms with Crippen LogP contribution < -0.4 is 5.32 Å². The molecule has 0 bridgehead atoms. The molecule has 0 aliphatic carbocycles. The van der Waals surface area contributed by atoms with Crippen molar-refractivity contribution in [1.29, 1.82) is 0 Å². The SMILES string of the molecule is CC(C)(C)NC[C@H]1CO[C@]2(CCCN(C(=O)c3cnc4ccccc4c3)C2)C1. The predicted molar refractivity (Wildman–Crippen MR) is 111 cm³/mol. The molecule has 2 aromatic rings. The number of rotatable bonds is 3. The lowest BCUT2D eigenvalue weighted by Crippen LogP contribution is -2.50. The molecule has 0 saturated carbocycles. The van der Waals surface area contributed by atoms with Gasteiger partial charge in [-0.2, -0.15) is 0 Å². The van der Waals surface area contributed by atoms with E-state index < -0.39 is 0 Å². The molecule has 1 aromatic carbocycles. The fraction of sp³-hybridized carbons (Fsp3) is 0.565. The number of amides is 1. The number of benzene rings is 1. The monoisotopic (exact) mass is 381 g/mol. The van der Waals surface area contributed by atoms with E-state index in [1.165, 1.54) is 0 Å². The molecule has 2 fully saturated rings. The first kappa shape index (κ1) is 19.3. The van der Waals surface area contributed by atoms with Crippen molar-refractivity contribution in [2.75, 3.05) is 26.2 Å². The molecule has 3 heterocycles. The summed E-state index contributed by atoms with van der Waals surface area (Å²) < 4.78 is 6.30. The fourth-order valence-corrected chi connectivity index (χ4v) is 4.45. The van der Waals surface area contributed by atoms with Gasteiger partial charge in [0.25, 0.3) is 5.91 Å². The highest BCUT2D eigenvalue weighted by Gasteiger charge is 2.44. The standard InChI is InChI=1S/C23H31N3O2/c1-22(2,3)25-13-17-12-23(28-15-17)9-6-10-26(16-23)21(27)19-11-18-7-4-5-8-20(18)24-14-19/h4-5,7-8,11,14,17,25H,6,9-10,12-13,15-16H2,1-3H3/t17-,23+/m0/s1. The lowest BCUT2D eigenvalue weighted by Gasteiger charge is -2.40. The third-order valence-corrected chi connectivity index (χ3v) is 5.87. The number of hydrogen-bond donors (Lipinski definition) is 1. The number of piperidine rings is 1. The van der Waals surface area contributed by atoms with Crippen LogP contribution in [0.3, 0.4) is 0 Å². The average Bonchev–Trinajstić information content (AvgIpc) is 3.07. The van der Waals surface area contributed by atoms with E-state index >= 15 is 0 Å². The zero-order chi connectivity index (χ0) is 19.8. The van der Waals surface area contributed by atoms with Gasteiger partial charge in [-0.25, -0.2) is 0 Å². The van der Waals surface area contributed by atoms with Crippen LogP contribution in [0.15, 0.2) is 36.5 Å². The van der Waals surface area contributed by atoms with Crippen LogP contribution in [0.25, 0.3) is 10.9 Å². The smallest absolute Gasteiger partial charge is 0.255 e. The Morgan fingerprint density at radius 3 is 3.00 bits per heavy atom. The Morgan fingerprint density at radius 2 is 2.18 bits per heavy atom. The molecule has 4 rings (SSSR count). The molecule has 0 unspecified atom stereocenters. The van der Waals surface area contributed by atoms with Crippen molar-refractivity contribution in [3.05, 3.63) is 42.1 Å². The maximum absolute atomic E-state index is 13.1. The molecule has 5 nitrogen and oxygen atoms in total. The highest BCUT2D eigenvalue weighted by atomic mass is 16.5. The number of pyridine rings is 1. The van der Waals surface area contributed by atoms with E-state index in [0.29, 0.717) is 18.0 Å². The lowest BCUT2D eigenvalue weighted by atomic mass is 9.86. The summed E-state index contributed by atoms with van der Waals surface area (Å²) in [5.41, 5.74) is 1.53. The molecular weight excluding hydrogens is 350 g/mol. The van der Waals surface area contributed by atoms with E-state index in [9.17, 15) is 4.79 Å². The van der Waals surface area contributed by atoms with Crippen molar-refractivity contribution in [2.24, 2.45) is 5.92 Å². The van der Waals surface area contributed by atoms with Gasteiger partial charge in [-0.05, 0) is 58.1 Å². The van der Waals surface area contributed by atoms with Gasteiger partial charge >= 0.3 is 0 Å². The third-order valence-electron chi connectivity index (χ3n) is 5.87. The van der Waals surface area contributed by atoms with Crippen molar-refractivity contribution in [1.82, 2.24) is 15.2 Å². The molecule has 1 aromatic heterocycles. The molecule has 0 radical (unpaired) electrons. The van der Waals surface area contributed by atoms with Gasteiger partial charge in [0, 0.05) is 36.8 Å². The normalized spacial score (nSPS) is 25.5. The number of likely N-dealkylation sites (tertiary alicyclic amines) is 1. The Balaban J connectivity index is 1.44. The van der Waals surface area contributed by atoms with Gasteiger partial charge in [0.2, 0.25) is 0 Å². The van der Waals surface area contributed by atoms with Crippen molar-refractivity contribution < 1.29 is 9.53 Å². The molecule has 2 saturated heterocycles. The second-order valence-electron chi connectivity index (χ2n) is 9.44. The van der Waals surface area contributed by atoms with Crippen LogP contribution in [0.4, 0.5) is 0 Å². The molecule has 5 heteroatoms. The summed E-state index contributed by atoms with van der Waals surface area (Å²) in [6.45, 7) is 9.80. The van der Waals surface area contributed by atoms with Crippen molar-refractivity contribution >= 4 is 16.8 Å². The zero-order valence-electron chi connectivity index (χ0n) is 17.2. The van der Waals surface area contributed by atoms with Crippen molar-refractivity contribution in [3.63, 3.8) is 0 Å². The van der Waals surface area contributed by atoms with Crippen LogP contribution in [0, 0.1) is 5.92 Å². The number of para-hydroxylation sites is 1. The maximum atomic E-state index is 13.1. The highest BCUT2D eigenvalue weighted by molar-refractivity contribution is 5.97. The first-order chi connectivity index (χ1) is 13.3. The van der Waals surface area contributed by atoms with Crippen LogP contribution in [0.5, 0.6) is 0 Å². The Kier molecular flexibility index (Phi) is 5.15. The molecular formula is C23H31N3O2. The molecule has 150 valence electrons. The Labute approximate surface area is 167 Å². The number of carbonyl (C=O) groups excluding carboxylic acids is 1. The van der Waals surface area contributed by atoms with Gasteiger partial charge < -0.3 is 15.0 Å².